The summed E-state index contributed by atoms with van der Waals surface area (Å²) >= 11 is 1.90. The third-order valence-electron chi connectivity index (χ3n) is 3.74. The van der Waals surface area contributed by atoms with Crippen LogP contribution in [0.15, 0.2) is 0 Å². The molecule has 1 aliphatic carbocycles. The Morgan fingerprint density at radius 2 is 1.94 bits per heavy atom. The predicted octanol–water partition coefficient (Wildman–Crippen LogP) is 3.27. The first-order valence-corrected chi connectivity index (χ1v) is 7.45. The molecular weight excluding hydrogens is 230 g/mol. The van der Waals surface area contributed by atoms with E-state index >= 15 is 0 Å². The lowest BCUT2D eigenvalue weighted by Crippen LogP contribution is -2.32. The minimum absolute atomic E-state index is 0.00274. The summed E-state index contributed by atoms with van der Waals surface area (Å²) in [5.74, 6) is 1.90. The zero-order chi connectivity index (χ0) is 12.8. The van der Waals surface area contributed by atoms with Gasteiger partial charge in [0.1, 0.15) is 11.6 Å². The molecule has 0 spiro atoms. The van der Waals surface area contributed by atoms with Gasteiger partial charge in [0.05, 0.1) is 10.4 Å². The van der Waals surface area contributed by atoms with E-state index in [1.54, 1.807) is 0 Å². The van der Waals surface area contributed by atoms with E-state index in [1.165, 1.54) is 19.3 Å². The SMILES string of the molecule is CSC1(c2nc(C)n(C(C)(C)C)c2N)CCC1. The van der Waals surface area contributed by atoms with Crippen molar-refractivity contribution in [3.63, 3.8) is 0 Å². The number of aryl methyl sites for hydroxylation is 1. The van der Waals surface area contributed by atoms with Crippen LogP contribution in [-0.4, -0.2) is 15.8 Å². The van der Waals surface area contributed by atoms with Crippen molar-refractivity contribution < 1.29 is 0 Å². The molecule has 1 aromatic heterocycles. The Balaban J connectivity index is 2.51. The van der Waals surface area contributed by atoms with Crippen LogP contribution in [-0.2, 0) is 10.3 Å². The highest BCUT2D eigenvalue weighted by Gasteiger charge is 2.43. The summed E-state index contributed by atoms with van der Waals surface area (Å²) in [7, 11) is 0. The Labute approximate surface area is 108 Å². The lowest BCUT2D eigenvalue weighted by Gasteiger charge is -2.39. The zero-order valence-electron chi connectivity index (χ0n) is 11.5. The van der Waals surface area contributed by atoms with Crippen LogP contribution in [0.4, 0.5) is 5.82 Å². The molecule has 0 atom stereocenters. The minimum atomic E-state index is 0.00274. The number of aromatic nitrogens is 2. The second kappa shape index (κ2) is 3.94. The van der Waals surface area contributed by atoms with Gasteiger partial charge in [-0.15, -0.1) is 0 Å². The van der Waals surface area contributed by atoms with Crippen LogP contribution in [0, 0.1) is 6.92 Å². The molecule has 1 heterocycles. The van der Waals surface area contributed by atoms with Crippen LogP contribution in [0.5, 0.6) is 0 Å². The summed E-state index contributed by atoms with van der Waals surface area (Å²) in [6.07, 6.45) is 5.88. The molecule has 1 aromatic rings. The summed E-state index contributed by atoms with van der Waals surface area (Å²) in [4.78, 5) is 4.76. The standard InChI is InChI=1S/C13H23N3S/c1-9-15-10(13(17-5)7-6-8-13)11(14)16(9)12(2,3)4/h6-8,14H2,1-5H3. The van der Waals surface area contributed by atoms with Crippen molar-refractivity contribution in [3.8, 4) is 0 Å². The van der Waals surface area contributed by atoms with Crippen LogP contribution in [0.2, 0.25) is 0 Å². The molecular formula is C13H23N3S. The minimum Gasteiger partial charge on any atom is -0.383 e. The van der Waals surface area contributed by atoms with Crippen molar-refractivity contribution >= 4 is 17.6 Å². The Hall–Kier alpha value is -0.640. The molecule has 1 fully saturated rings. The third-order valence-corrected chi connectivity index (χ3v) is 5.12. The van der Waals surface area contributed by atoms with Gasteiger partial charge in [-0.25, -0.2) is 4.98 Å². The maximum Gasteiger partial charge on any atom is 0.128 e. The van der Waals surface area contributed by atoms with Crippen molar-refractivity contribution in [2.45, 2.75) is 57.2 Å². The highest BCUT2D eigenvalue weighted by Crippen LogP contribution is 2.52. The van der Waals surface area contributed by atoms with Crippen LogP contribution in [0.3, 0.4) is 0 Å². The van der Waals surface area contributed by atoms with Crippen LogP contribution >= 0.6 is 11.8 Å². The van der Waals surface area contributed by atoms with Crippen molar-refractivity contribution in [1.29, 1.82) is 0 Å². The summed E-state index contributed by atoms with van der Waals surface area (Å²) < 4.78 is 2.35. The molecule has 2 N–H and O–H groups in total. The van der Waals surface area contributed by atoms with Crippen molar-refractivity contribution in [2.24, 2.45) is 0 Å². The number of imidazole rings is 1. The zero-order valence-corrected chi connectivity index (χ0v) is 12.3. The molecule has 0 unspecified atom stereocenters. The molecule has 4 heteroatoms. The van der Waals surface area contributed by atoms with Gasteiger partial charge in [0.15, 0.2) is 0 Å². The molecule has 0 amide bonds. The van der Waals surface area contributed by atoms with E-state index in [1.807, 2.05) is 11.8 Å². The van der Waals surface area contributed by atoms with Crippen LogP contribution in [0.25, 0.3) is 0 Å². The van der Waals surface area contributed by atoms with Gasteiger partial charge in [0.2, 0.25) is 0 Å². The second-order valence-electron chi connectivity index (χ2n) is 5.95. The molecule has 0 aliphatic heterocycles. The smallest absolute Gasteiger partial charge is 0.128 e. The molecule has 96 valence electrons. The van der Waals surface area contributed by atoms with E-state index in [-0.39, 0.29) is 10.3 Å². The Kier molecular flexibility index (Phi) is 2.97. The van der Waals surface area contributed by atoms with Gasteiger partial charge in [-0.3, -0.25) is 0 Å². The van der Waals surface area contributed by atoms with E-state index in [2.05, 4.69) is 38.5 Å². The largest absolute Gasteiger partial charge is 0.383 e. The van der Waals surface area contributed by atoms with Gasteiger partial charge in [0, 0.05) is 5.54 Å². The summed E-state index contributed by atoms with van der Waals surface area (Å²) in [5.41, 5.74) is 7.47. The molecule has 0 saturated heterocycles. The monoisotopic (exact) mass is 253 g/mol. The van der Waals surface area contributed by atoms with E-state index in [0.717, 1.165) is 17.3 Å². The number of hydrogen-bond acceptors (Lipinski definition) is 3. The van der Waals surface area contributed by atoms with Crippen LogP contribution < -0.4 is 5.73 Å². The lowest BCUT2D eigenvalue weighted by atomic mass is 9.81. The summed E-state index contributed by atoms with van der Waals surface area (Å²) in [6.45, 7) is 8.58. The molecule has 0 radical (unpaired) electrons. The molecule has 3 nitrogen and oxygen atoms in total. The van der Waals surface area contributed by atoms with E-state index < -0.39 is 0 Å². The normalized spacial score (nSPS) is 19.1. The average molecular weight is 253 g/mol. The molecule has 0 bridgehead atoms. The first-order valence-electron chi connectivity index (χ1n) is 6.23. The van der Waals surface area contributed by atoms with E-state index in [9.17, 15) is 0 Å². The molecule has 2 rings (SSSR count). The van der Waals surface area contributed by atoms with Gasteiger partial charge < -0.3 is 10.3 Å². The number of nitrogens with two attached hydrogens (primary N) is 1. The predicted molar refractivity (Wildman–Crippen MR) is 75.4 cm³/mol. The number of rotatable bonds is 2. The fraction of sp³-hybridized carbons (Fsp3) is 0.769. The molecule has 17 heavy (non-hydrogen) atoms. The van der Waals surface area contributed by atoms with Gasteiger partial charge in [-0.05, 0) is 53.2 Å². The Morgan fingerprint density at radius 3 is 2.24 bits per heavy atom. The quantitative estimate of drug-likeness (QED) is 0.879. The fourth-order valence-corrected chi connectivity index (χ4v) is 3.81. The van der Waals surface area contributed by atoms with Crippen molar-refractivity contribution in [1.82, 2.24) is 9.55 Å². The van der Waals surface area contributed by atoms with Gasteiger partial charge in [0.25, 0.3) is 0 Å². The number of anilines is 1. The molecule has 1 aliphatic rings. The molecule has 1 saturated carbocycles. The fourth-order valence-electron chi connectivity index (χ4n) is 2.77. The highest BCUT2D eigenvalue weighted by molar-refractivity contribution is 7.99. The maximum absolute atomic E-state index is 6.35. The third kappa shape index (κ3) is 1.86. The van der Waals surface area contributed by atoms with Crippen molar-refractivity contribution in [2.75, 3.05) is 12.0 Å². The number of hydrogen-bond donors (Lipinski definition) is 1. The van der Waals surface area contributed by atoms with E-state index in [4.69, 9.17) is 10.7 Å². The Morgan fingerprint density at radius 1 is 1.35 bits per heavy atom. The first kappa shape index (κ1) is 12.8. The highest BCUT2D eigenvalue weighted by atomic mass is 32.2. The molecule has 0 aromatic carbocycles. The second-order valence-corrected chi connectivity index (χ2v) is 7.14. The van der Waals surface area contributed by atoms with Gasteiger partial charge in [-0.2, -0.15) is 11.8 Å². The maximum atomic E-state index is 6.35. The van der Waals surface area contributed by atoms with Crippen LogP contribution in [0.1, 0.15) is 51.6 Å². The summed E-state index contributed by atoms with van der Waals surface area (Å²) in [5, 5.41) is 0. The average Bonchev–Trinajstić information content (AvgIpc) is 2.40. The number of nitrogens with zero attached hydrogens (tertiary/aromatic N) is 2. The lowest BCUT2D eigenvalue weighted by molar-refractivity contribution is 0.365. The van der Waals surface area contributed by atoms with Gasteiger partial charge >= 0.3 is 0 Å². The number of nitrogen functional groups attached to an aromatic ring is 1. The topological polar surface area (TPSA) is 43.8 Å². The van der Waals surface area contributed by atoms with E-state index in [0.29, 0.717) is 0 Å². The number of thioether (sulfide) groups is 1. The Bertz CT molecular complexity index is 419. The summed E-state index contributed by atoms with van der Waals surface area (Å²) in [6, 6.07) is 0. The first-order chi connectivity index (χ1) is 7.82. The van der Waals surface area contributed by atoms with Gasteiger partial charge in [-0.1, -0.05) is 0 Å². The van der Waals surface area contributed by atoms with Crippen molar-refractivity contribution in [3.05, 3.63) is 11.5 Å².